The van der Waals surface area contributed by atoms with Gasteiger partial charge in [0, 0.05) is 12.5 Å². The van der Waals surface area contributed by atoms with E-state index in [2.05, 4.69) is 16.9 Å². The lowest BCUT2D eigenvalue weighted by molar-refractivity contribution is 0.550. The van der Waals surface area contributed by atoms with Gasteiger partial charge >= 0.3 is 0 Å². The smallest absolute Gasteiger partial charge is 0.211 e. The molecule has 0 heterocycles. The summed E-state index contributed by atoms with van der Waals surface area (Å²) in [5, 5.41) is 0. The van der Waals surface area contributed by atoms with Crippen LogP contribution in [0, 0.1) is 0 Å². The highest BCUT2D eigenvalue weighted by molar-refractivity contribution is 7.89. The highest BCUT2D eigenvalue weighted by Gasteiger charge is 2.26. The van der Waals surface area contributed by atoms with Gasteiger partial charge in [-0.1, -0.05) is 24.3 Å². The average molecular weight is 254 g/mol. The molecule has 0 aliphatic heterocycles. The van der Waals surface area contributed by atoms with E-state index < -0.39 is 10.0 Å². The van der Waals surface area contributed by atoms with Crippen molar-refractivity contribution in [3.05, 3.63) is 35.4 Å². The second kappa shape index (κ2) is 5.16. The highest BCUT2D eigenvalue weighted by atomic mass is 32.2. The van der Waals surface area contributed by atoms with Crippen LogP contribution in [-0.4, -0.2) is 27.3 Å². The lowest BCUT2D eigenvalue weighted by Gasteiger charge is -2.30. The Labute approximate surface area is 102 Å². The van der Waals surface area contributed by atoms with Crippen molar-refractivity contribution >= 4 is 10.0 Å². The van der Waals surface area contributed by atoms with Crippen LogP contribution in [0.15, 0.2) is 24.3 Å². The molecule has 1 atom stereocenters. The van der Waals surface area contributed by atoms with Crippen LogP contribution < -0.4 is 10.5 Å². The maximum atomic E-state index is 11.6. The minimum atomic E-state index is -3.15. The van der Waals surface area contributed by atoms with Gasteiger partial charge in [0.05, 0.1) is 5.75 Å². The minimum absolute atomic E-state index is 0.123. The number of nitrogens with one attached hydrogen (secondary N) is 1. The fourth-order valence-corrected chi connectivity index (χ4v) is 3.26. The van der Waals surface area contributed by atoms with Crippen LogP contribution in [0.3, 0.4) is 0 Å². The number of fused-ring (bicyclic) bond motifs is 1. The minimum Gasteiger partial charge on any atom is -0.330 e. The van der Waals surface area contributed by atoms with Crippen molar-refractivity contribution < 1.29 is 8.42 Å². The summed E-state index contributed by atoms with van der Waals surface area (Å²) in [4.78, 5) is 0. The Balaban J connectivity index is 1.85. The number of rotatable bonds is 6. The lowest BCUT2D eigenvalue weighted by Crippen LogP contribution is -2.34. The van der Waals surface area contributed by atoms with Gasteiger partial charge in [-0.25, -0.2) is 13.1 Å². The van der Waals surface area contributed by atoms with Crippen molar-refractivity contribution in [2.75, 3.05) is 18.8 Å². The normalized spacial score (nSPS) is 18.5. The molecular formula is C12H18N2O2S. The summed E-state index contributed by atoms with van der Waals surface area (Å²) in [6.07, 6.45) is 1.48. The molecule has 0 radical (unpaired) electrons. The lowest BCUT2D eigenvalue weighted by atomic mass is 9.78. The van der Waals surface area contributed by atoms with Crippen molar-refractivity contribution in [3.63, 3.8) is 0 Å². The zero-order chi connectivity index (χ0) is 12.3. The van der Waals surface area contributed by atoms with Gasteiger partial charge in [0.1, 0.15) is 0 Å². The number of benzene rings is 1. The molecule has 0 spiro atoms. The van der Waals surface area contributed by atoms with Gasteiger partial charge in [-0.15, -0.1) is 0 Å². The molecule has 2 rings (SSSR count). The molecule has 3 N–H and O–H groups in total. The van der Waals surface area contributed by atoms with E-state index in [4.69, 9.17) is 5.73 Å². The molecule has 0 fully saturated rings. The van der Waals surface area contributed by atoms with E-state index in [1.165, 1.54) is 11.1 Å². The highest BCUT2D eigenvalue weighted by Crippen LogP contribution is 2.34. The maximum Gasteiger partial charge on any atom is 0.211 e. The Kier molecular flexibility index (Phi) is 3.81. The molecule has 0 aromatic heterocycles. The molecule has 0 saturated carbocycles. The van der Waals surface area contributed by atoms with E-state index in [0.29, 0.717) is 25.4 Å². The molecule has 1 unspecified atom stereocenters. The molecule has 0 saturated heterocycles. The third-order valence-corrected chi connectivity index (χ3v) is 4.56. The number of hydrogen-bond acceptors (Lipinski definition) is 3. The molecule has 0 amide bonds. The maximum absolute atomic E-state index is 11.6. The van der Waals surface area contributed by atoms with Crippen molar-refractivity contribution in [2.24, 2.45) is 5.73 Å². The largest absolute Gasteiger partial charge is 0.330 e. The van der Waals surface area contributed by atoms with Gasteiger partial charge in [0.15, 0.2) is 0 Å². The number of nitrogens with two attached hydrogens (primary N) is 1. The quantitative estimate of drug-likeness (QED) is 0.780. The molecule has 1 aromatic rings. The predicted octanol–water partition coefficient (Wildman–Crippen LogP) is 0.595. The van der Waals surface area contributed by atoms with E-state index in [0.717, 1.165) is 6.42 Å². The molecule has 1 aromatic carbocycles. The Bertz CT molecular complexity index is 485. The van der Waals surface area contributed by atoms with Crippen LogP contribution in [0.4, 0.5) is 0 Å². The van der Waals surface area contributed by atoms with E-state index >= 15 is 0 Å². The van der Waals surface area contributed by atoms with Crippen LogP contribution in [-0.2, 0) is 16.4 Å². The predicted molar refractivity (Wildman–Crippen MR) is 68.3 cm³/mol. The Morgan fingerprint density at radius 2 is 2.12 bits per heavy atom. The number of hydrogen-bond donors (Lipinski definition) is 2. The molecule has 4 nitrogen and oxygen atoms in total. The van der Waals surface area contributed by atoms with Crippen molar-refractivity contribution in [2.45, 2.75) is 18.8 Å². The van der Waals surface area contributed by atoms with Gasteiger partial charge in [-0.2, -0.15) is 0 Å². The summed E-state index contributed by atoms with van der Waals surface area (Å²) in [7, 11) is -3.15. The van der Waals surface area contributed by atoms with E-state index in [9.17, 15) is 8.42 Å². The zero-order valence-electron chi connectivity index (χ0n) is 9.72. The fraction of sp³-hybridized carbons (Fsp3) is 0.500. The molecular weight excluding hydrogens is 236 g/mol. The molecule has 1 aliphatic carbocycles. The Hall–Kier alpha value is -0.910. The van der Waals surface area contributed by atoms with Crippen molar-refractivity contribution in [1.29, 1.82) is 0 Å². The second-order valence-electron chi connectivity index (χ2n) is 4.41. The van der Waals surface area contributed by atoms with Crippen LogP contribution >= 0.6 is 0 Å². The van der Waals surface area contributed by atoms with Gasteiger partial charge in [-0.3, -0.25) is 0 Å². The summed E-state index contributed by atoms with van der Waals surface area (Å²) in [5.41, 5.74) is 7.90. The van der Waals surface area contributed by atoms with Crippen LogP contribution in [0.1, 0.15) is 23.5 Å². The molecule has 0 bridgehead atoms. The van der Waals surface area contributed by atoms with Crippen LogP contribution in [0.2, 0.25) is 0 Å². The summed E-state index contributed by atoms with van der Waals surface area (Å²) < 4.78 is 25.8. The Morgan fingerprint density at radius 1 is 1.35 bits per heavy atom. The summed E-state index contributed by atoms with van der Waals surface area (Å²) in [6.45, 7) is 0.914. The van der Waals surface area contributed by atoms with Gasteiger partial charge in [0.25, 0.3) is 0 Å². The zero-order valence-corrected chi connectivity index (χ0v) is 10.5. The van der Waals surface area contributed by atoms with Crippen molar-refractivity contribution in [3.8, 4) is 0 Å². The summed E-state index contributed by atoms with van der Waals surface area (Å²) in [5.74, 6) is 0.455. The average Bonchev–Trinajstić information content (AvgIpc) is 2.28. The third-order valence-electron chi connectivity index (χ3n) is 3.13. The topological polar surface area (TPSA) is 72.2 Å². The fourth-order valence-electron chi connectivity index (χ4n) is 2.12. The first-order chi connectivity index (χ1) is 8.12. The van der Waals surface area contributed by atoms with E-state index in [-0.39, 0.29) is 5.75 Å². The second-order valence-corrected chi connectivity index (χ2v) is 6.34. The van der Waals surface area contributed by atoms with E-state index in [1.54, 1.807) is 0 Å². The SMILES string of the molecule is NCCCS(=O)(=O)NCC1Cc2ccccc21. The standard InChI is InChI=1S/C12H18N2O2S/c13-6-3-7-17(15,16)14-9-11-8-10-4-1-2-5-12(10)11/h1-2,4-5,11,14H,3,6-9,13H2. The summed E-state index contributed by atoms with van der Waals surface area (Å²) in [6, 6.07) is 8.17. The van der Waals surface area contributed by atoms with Gasteiger partial charge in [-0.05, 0) is 30.5 Å². The van der Waals surface area contributed by atoms with Crippen molar-refractivity contribution in [1.82, 2.24) is 4.72 Å². The third kappa shape index (κ3) is 3.06. The van der Waals surface area contributed by atoms with E-state index in [1.807, 2.05) is 12.1 Å². The monoisotopic (exact) mass is 254 g/mol. The Morgan fingerprint density at radius 3 is 2.82 bits per heavy atom. The first-order valence-electron chi connectivity index (χ1n) is 5.87. The van der Waals surface area contributed by atoms with Gasteiger partial charge in [0.2, 0.25) is 10.0 Å². The summed E-state index contributed by atoms with van der Waals surface area (Å²) >= 11 is 0. The van der Waals surface area contributed by atoms with Crippen LogP contribution in [0.5, 0.6) is 0 Å². The first kappa shape index (κ1) is 12.5. The molecule has 1 aliphatic rings. The van der Waals surface area contributed by atoms with Gasteiger partial charge < -0.3 is 5.73 Å². The molecule has 94 valence electrons. The van der Waals surface area contributed by atoms with Crippen LogP contribution in [0.25, 0.3) is 0 Å². The molecule has 5 heteroatoms. The molecule has 17 heavy (non-hydrogen) atoms. The number of sulfonamides is 1. The first-order valence-corrected chi connectivity index (χ1v) is 7.53.